The van der Waals surface area contributed by atoms with Crippen molar-refractivity contribution in [2.45, 2.75) is 19.3 Å². The standard InChI is InChI=1S/C12H15N3O3/c13-12(16)9-3-4-10(11(7-9)15(17)18)14-6-5-8-1-2-8/h3-4,7-8,14H,1-2,5-6H2,(H2,13,16). The van der Waals surface area contributed by atoms with E-state index in [1.807, 2.05) is 0 Å². The van der Waals surface area contributed by atoms with Crippen LogP contribution in [0.15, 0.2) is 18.2 Å². The van der Waals surface area contributed by atoms with E-state index < -0.39 is 10.8 Å². The first kappa shape index (κ1) is 12.3. The van der Waals surface area contributed by atoms with Crippen LogP contribution in [-0.2, 0) is 0 Å². The van der Waals surface area contributed by atoms with E-state index in [9.17, 15) is 14.9 Å². The Labute approximate surface area is 104 Å². The van der Waals surface area contributed by atoms with Crippen molar-refractivity contribution in [1.82, 2.24) is 0 Å². The SMILES string of the molecule is NC(=O)c1ccc(NCCC2CC2)c([N+](=O)[O-])c1. The molecule has 6 heteroatoms. The number of nitrogens with one attached hydrogen (secondary N) is 1. The fraction of sp³-hybridized carbons (Fsp3) is 0.417. The summed E-state index contributed by atoms with van der Waals surface area (Å²) in [5, 5.41) is 14.0. The molecule has 1 aliphatic rings. The molecule has 18 heavy (non-hydrogen) atoms. The van der Waals surface area contributed by atoms with Gasteiger partial charge in [-0.3, -0.25) is 14.9 Å². The van der Waals surface area contributed by atoms with E-state index in [4.69, 9.17) is 5.73 Å². The van der Waals surface area contributed by atoms with Crippen molar-refractivity contribution in [3.8, 4) is 0 Å². The number of carbonyl (C=O) groups is 1. The Bertz CT molecular complexity index is 483. The molecular formula is C12H15N3O3. The maximum atomic E-state index is 11.0. The number of nitrogens with two attached hydrogens (primary N) is 1. The Morgan fingerprint density at radius 3 is 2.78 bits per heavy atom. The number of primary amides is 1. The molecule has 96 valence electrons. The Balaban J connectivity index is 2.11. The van der Waals surface area contributed by atoms with Gasteiger partial charge in [0.25, 0.3) is 5.69 Å². The van der Waals surface area contributed by atoms with E-state index in [1.54, 1.807) is 0 Å². The summed E-state index contributed by atoms with van der Waals surface area (Å²) in [5.74, 6) is 0.101. The van der Waals surface area contributed by atoms with Crippen LogP contribution in [0.5, 0.6) is 0 Å². The Hall–Kier alpha value is -2.11. The third kappa shape index (κ3) is 2.97. The van der Waals surface area contributed by atoms with Crippen LogP contribution in [0.1, 0.15) is 29.6 Å². The van der Waals surface area contributed by atoms with Gasteiger partial charge in [-0.1, -0.05) is 12.8 Å². The van der Waals surface area contributed by atoms with Crippen LogP contribution in [0.2, 0.25) is 0 Å². The molecule has 0 aliphatic heterocycles. The molecule has 0 bridgehead atoms. The van der Waals surface area contributed by atoms with Crippen molar-refractivity contribution in [3.63, 3.8) is 0 Å². The van der Waals surface area contributed by atoms with Gasteiger partial charge in [0.1, 0.15) is 5.69 Å². The molecule has 1 amide bonds. The molecule has 0 unspecified atom stereocenters. The van der Waals surface area contributed by atoms with Crippen molar-refractivity contribution in [2.75, 3.05) is 11.9 Å². The minimum Gasteiger partial charge on any atom is -0.379 e. The van der Waals surface area contributed by atoms with E-state index in [0.717, 1.165) is 12.3 Å². The van der Waals surface area contributed by atoms with E-state index in [2.05, 4.69) is 5.32 Å². The highest BCUT2D eigenvalue weighted by Gasteiger charge is 2.21. The minimum atomic E-state index is -0.664. The van der Waals surface area contributed by atoms with Gasteiger partial charge in [-0.25, -0.2) is 0 Å². The average molecular weight is 249 g/mol. The van der Waals surface area contributed by atoms with Crippen LogP contribution in [0.25, 0.3) is 0 Å². The minimum absolute atomic E-state index is 0.109. The summed E-state index contributed by atoms with van der Waals surface area (Å²) in [6, 6.07) is 4.24. The van der Waals surface area contributed by atoms with Gasteiger partial charge in [-0.05, 0) is 24.5 Å². The smallest absolute Gasteiger partial charge is 0.293 e. The van der Waals surface area contributed by atoms with E-state index in [1.165, 1.54) is 31.0 Å². The fourth-order valence-corrected chi connectivity index (χ4v) is 1.80. The molecule has 1 fully saturated rings. The summed E-state index contributed by atoms with van der Waals surface area (Å²) < 4.78 is 0. The van der Waals surface area contributed by atoms with Gasteiger partial charge in [-0.2, -0.15) is 0 Å². The van der Waals surface area contributed by atoms with Crippen LogP contribution < -0.4 is 11.1 Å². The third-order valence-corrected chi connectivity index (χ3v) is 3.04. The van der Waals surface area contributed by atoms with Gasteiger partial charge < -0.3 is 11.1 Å². The molecule has 3 N–H and O–H groups in total. The van der Waals surface area contributed by atoms with Crippen molar-refractivity contribution in [1.29, 1.82) is 0 Å². The van der Waals surface area contributed by atoms with Crippen molar-refractivity contribution >= 4 is 17.3 Å². The number of nitro groups is 1. The van der Waals surface area contributed by atoms with Gasteiger partial charge in [0.2, 0.25) is 5.91 Å². The summed E-state index contributed by atoms with van der Waals surface area (Å²) in [6.07, 6.45) is 3.53. The molecule has 1 aliphatic carbocycles. The molecule has 0 saturated heterocycles. The molecule has 0 spiro atoms. The lowest BCUT2D eigenvalue weighted by Gasteiger charge is -2.07. The molecule has 0 atom stereocenters. The van der Waals surface area contributed by atoms with Crippen LogP contribution >= 0.6 is 0 Å². The highest BCUT2D eigenvalue weighted by molar-refractivity contribution is 5.94. The first-order chi connectivity index (χ1) is 8.58. The van der Waals surface area contributed by atoms with Gasteiger partial charge in [-0.15, -0.1) is 0 Å². The van der Waals surface area contributed by atoms with Crippen molar-refractivity contribution < 1.29 is 9.72 Å². The first-order valence-corrected chi connectivity index (χ1v) is 5.90. The van der Waals surface area contributed by atoms with Crippen LogP contribution in [0, 0.1) is 16.0 Å². The molecule has 0 radical (unpaired) electrons. The van der Waals surface area contributed by atoms with Gasteiger partial charge in [0.05, 0.1) is 4.92 Å². The second-order valence-corrected chi connectivity index (χ2v) is 4.51. The Morgan fingerprint density at radius 2 is 2.22 bits per heavy atom. The molecule has 2 rings (SSSR count). The quantitative estimate of drug-likeness (QED) is 0.594. The number of nitro benzene ring substituents is 1. The Morgan fingerprint density at radius 1 is 1.50 bits per heavy atom. The zero-order valence-electron chi connectivity index (χ0n) is 9.89. The van der Waals surface area contributed by atoms with Crippen LogP contribution in [-0.4, -0.2) is 17.4 Å². The van der Waals surface area contributed by atoms with E-state index in [-0.39, 0.29) is 11.3 Å². The van der Waals surface area contributed by atoms with E-state index in [0.29, 0.717) is 12.2 Å². The number of hydrogen-bond acceptors (Lipinski definition) is 4. The lowest BCUT2D eigenvalue weighted by molar-refractivity contribution is -0.384. The van der Waals surface area contributed by atoms with Gasteiger partial charge >= 0.3 is 0 Å². The third-order valence-electron chi connectivity index (χ3n) is 3.04. The van der Waals surface area contributed by atoms with Gasteiger partial charge in [0, 0.05) is 18.2 Å². The molecule has 0 heterocycles. The monoisotopic (exact) mass is 249 g/mol. The van der Waals surface area contributed by atoms with Gasteiger partial charge in [0.15, 0.2) is 0 Å². The van der Waals surface area contributed by atoms with E-state index >= 15 is 0 Å². The Kier molecular flexibility index (Phi) is 3.45. The molecule has 0 aromatic heterocycles. The lowest BCUT2D eigenvalue weighted by atomic mass is 10.1. The number of nitrogens with zero attached hydrogens (tertiary/aromatic N) is 1. The van der Waals surface area contributed by atoms with Crippen molar-refractivity contribution in [2.24, 2.45) is 11.7 Å². The predicted molar refractivity (Wildman–Crippen MR) is 67.4 cm³/mol. The summed E-state index contributed by atoms with van der Waals surface area (Å²) in [7, 11) is 0. The number of carbonyl (C=O) groups excluding carboxylic acids is 1. The topological polar surface area (TPSA) is 98.3 Å². The summed E-state index contributed by atoms with van der Waals surface area (Å²) >= 11 is 0. The highest BCUT2D eigenvalue weighted by atomic mass is 16.6. The molecule has 6 nitrogen and oxygen atoms in total. The number of hydrogen-bond donors (Lipinski definition) is 2. The normalized spacial score (nSPS) is 14.2. The number of benzene rings is 1. The first-order valence-electron chi connectivity index (χ1n) is 5.90. The van der Waals surface area contributed by atoms with Crippen LogP contribution in [0.4, 0.5) is 11.4 Å². The molecule has 1 aromatic carbocycles. The fourth-order valence-electron chi connectivity index (χ4n) is 1.80. The second kappa shape index (κ2) is 5.03. The zero-order chi connectivity index (χ0) is 13.1. The van der Waals surface area contributed by atoms with Crippen LogP contribution in [0.3, 0.4) is 0 Å². The molecule has 1 saturated carbocycles. The zero-order valence-corrected chi connectivity index (χ0v) is 9.89. The summed E-state index contributed by atoms with van der Waals surface area (Å²) in [4.78, 5) is 21.4. The summed E-state index contributed by atoms with van der Waals surface area (Å²) in [5.41, 5.74) is 5.57. The summed E-state index contributed by atoms with van der Waals surface area (Å²) in [6.45, 7) is 0.710. The average Bonchev–Trinajstić information content (AvgIpc) is 3.13. The maximum absolute atomic E-state index is 11.0. The number of amides is 1. The number of rotatable bonds is 6. The predicted octanol–water partition coefficient (Wildman–Crippen LogP) is 1.91. The largest absolute Gasteiger partial charge is 0.379 e. The second-order valence-electron chi connectivity index (χ2n) is 4.51. The van der Waals surface area contributed by atoms with Crippen molar-refractivity contribution in [3.05, 3.63) is 33.9 Å². The lowest BCUT2D eigenvalue weighted by Crippen LogP contribution is -2.12. The molecule has 1 aromatic rings. The molecular weight excluding hydrogens is 234 g/mol. The highest BCUT2D eigenvalue weighted by Crippen LogP contribution is 2.32. The maximum Gasteiger partial charge on any atom is 0.293 e. The number of anilines is 1.